The van der Waals surface area contributed by atoms with Gasteiger partial charge in [0.2, 0.25) is 0 Å². The quantitative estimate of drug-likeness (QED) is 0.909. The van der Waals surface area contributed by atoms with Crippen LogP contribution in [-0.2, 0) is 6.54 Å². The molecule has 0 aliphatic carbocycles. The second-order valence-corrected chi connectivity index (χ2v) is 4.63. The zero-order valence-electron chi connectivity index (χ0n) is 11.2. The SMILES string of the molecule is CCOc1ccccc1CN1CCN[C@@H](C)C1.Cl. The fourth-order valence-corrected chi connectivity index (χ4v) is 2.33. The maximum absolute atomic E-state index is 5.66. The molecule has 1 atom stereocenters. The Morgan fingerprint density at radius 3 is 2.89 bits per heavy atom. The fourth-order valence-electron chi connectivity index (χ4n) is 2.33. The molecule has 0 amide bonds. The van der Waals surface area contributed by atoms with Gasteiger partial charge in [-0.15, -0.1) is 12.4 Å². The Hall–Kier alpha value is -0.770. The minimum atomic E-state index is 0. The molecule has 1 aromatic rings. The standard InChI is InChI=1S/C14H22N2O.ClH/c1-3-17-14-7-5-4-6-13(14)11-16-9-8-15-12(2)10-16;/h4-7,12,15H,3,8-11H2,1-2H3;1H/t12-;/m0./s1. The molecular formula is C14H23ClN2O. The Morgan fingerprint density at radius 2 is 2.17 bits per heavy atom. The first-order chi connectivity index (χ1) is 8.29. The summed E-state index contributed by atoms with van der Waals surface area (Å²) in [5, 5.41) is 3.46. The minimum absolute atomic E-state index is 0. The predicted octanol–water partition coefficient (Wildman–Crippen LogP) is 2.30. The first-order valence-corrected chi connectivity index (χ1v) is 6.46. The summed E-state index contributed by atoms with van der Waals surface area (Å²) < 4.78 is 5.66. The van der Waals surface area contributed by atoms with Gasteiger partial charge in [-0.25, -0.2) is 0 Å². The molecule has 0 saturated carbocycles. The van der Waals surface area contributed by atoms with Gasteiger partial charge in [-0.1, -0.05) is 18.2 Å². The minimum Gasteiger partial charge on any atom is -0.494 e. The lowest BCUT2D eigenvalue weighted by Gasteiger charge is -2.32. The summed E-state index contributed by atoms with van der Waals surface area (Å²) in [7, 11) is 0. The number of nitrogens with zero attached hydrogens (tertiary/aromatic N) is 1. The zero-order chi connectivity index (χ0) is 12.1. The van der Waals surface area contributed by atoms with Crippen molar-refractivity contribution >= 4 is 12.4 Å². The molecule has 1 heterocycles. The molecule has 102 valence electrons. The van der Waals surface area contributed by atoms with Crippen LogP contribution in [-0.4, -0.2) is 37.2 Å². The van der Waals surface area contributed by atoms with Crippen LogP contribution in [0.4, 0.5) is 0 Å². The van der Waals surface area contributed by atoms with Crippen molar-refractivity contribution in [1.82, 2.24) is 10.2 Å². The van der Waals surface area contributed by atoms with Crippen molar-refractivity contribution in [3.05, 3.63) is 29.8 Å². The van der Waals surface area contributed by atoms with E-state index in [1.165, 1.54) is 5.56 Å². The number of rotatable bonds is 4. The molecule has 1 N–H and O–H groups in total. The second-order valence-electron chi connectivity index (χ2n) is 4.63. The van der Waals surface area contributed by atoms with Crippen molar-refractivity contribution in [3.63, 3.8) is 0 Å². The largest absolute Gasteiger partial charge is 0.494 e. The summed E-state index contributed by atoms with van der Waals surface area (Å²) in [6.07, 6.45) is 0. The Kier molecular flexibility index (Phi) is 6.47. The zero-order valence-corrected chi connectivity index (χ0v) is 12.0. The second kappa shape index (κ2) is 7.62. The van der Waals surface area contributed by atoms with E-state index in [4.69, 9.17) is 4.74 Å². The van der Waals surface area contributed by atoms with Gasteiger partial charge in [0, 0.05) is 37.8 Å². The van der Waals surface area contributed by atoms with Crippen molar-refractivity contribution in [2.75, 3.05) is 26.2 Å². The van der Waals surface area contributed by atoms with Gasteiger partial charge < -0.3 is 10.1 Å². The van der Waals surface area contributed by atoms with Crippen LogP contribution in [0.2, 0.25) is 0 Å². The summed E-state index contributed by atoms with van der Waals surface area (Å²) in [5.74, 6) is 1.03. The molecule has 1 saturated heterocycles. The van der Waals surface area contributed by atoms with Crippen molar-refractivity contribution in [2.24, 2.45) is 0 Å². The van der Waals surface area contributed by atoms with Gasteiger partial charge in [0.25, 0.3) is 0 Å². The van der Waals surface area contributed by atoms with Crippen LogP contribution in [0.3, 0.4) is 0 Å². The van der Waals surface area contributed by atoms with Crippen LogP contribution < -0.4 is 10.1 Å². The summed E-state index contributed by atoms with van der Waals surface area (Å²) in [6.45, 7) is 9.30. The van der Waals surface area contributed by atoms with Crippen LogP contribution in [0.1, 0.15) is 19.4 Å². The lowest BCUT2D eigenvalue weighted by atomic mass is 10.1. The predicted molar refractivity (Wildman–Crippen MR) is 77.6 cm³/mol. The Balaban J connectivity index is 0.00000162. The van der Waals surface area contributed by atoms with Crippen LogP contribution in [0.5, 0.6) is 5.75 Å². The molecule has 0 spiro atoms. The van der Waals surface area contributed by atoms with Crippen molar-refractivity contribution < 1.29 is 4.74 Å². The van der Waals surface area contributed by atoms with E-state index in [-0.39, 0.29) is 12.4 Å². The van der Waals surface area contributed by atoms with E-state index in [0.29, 0.717) is 6.04 Å². The molecule has 0 unspecified atom stereocenters. The highest BCUT2D eigenvalue weighted by molar-refractivity contribution is 5.85. The average molecular weight is 271 g/mol. The van der Waals surface area contributed by atoms with Crippen LogP contribution in [0, 0.1) is 0 Å². The summed E-state index contributed by atoms with van der Waals surface area (Å²) in [5.41, 5.74) is 1.29. The summed E-state index contributed by atoms with van der Waals surface area (Å²) in [6, 6.07) is 8.93. The van der Waals surface area contributed by atoms with Gasteiger partial charge in [0.1, 0.15) is 5.75 Å². The number of para-hydroxylation sites is 1. The first kappa shape index (κ1) is 15.3. The molecule has 18 heavy (non-hydrogen) atoms. The molecule has 1 aliphatic heterocycles. The smallest absolute Gasteiger partial charge is 0.123 e. The number of nitrogens with one attached hydrogen (secondary N) is 1. The third-order valence-electron chi connectivity index (χ3n) is 3.12. The maximum atomic E-state index is 5.66. The number of halogens is 1. The third kappa shape index (κ3) is 4.16. The average Bonchev–Trinajstić information content (AvgIpc) is 2.32. The van der Waals surface area contributed by atoms with Gasteiger partial charge in [0.15, 0.2) is 0 Å². The van der Waals surface area contributed by atoms with Crippen molar-refractivity contribution in [1.29, 1.82) is 0 Å². The van der Waals surface area contributed by atoms with E-state index < -0.39 is 0 Å². The third-order valence-corrected chi connectivity index (χ3v) is 3.12. The van der Waals surface area contributed by atoms with Gasteiger partial charge >= 0.3 is 0 Å². The maximum Gasteiger partial charge on any atom is 0.123 e. The highest BCUT2D eigenvalue weighted by Crippen LogP contribution is 2.20. The molecule has 0 aromatic heterocycles. The molecule has 0 radical (unpaired) electrons. The fraction of sp³-hybridized carbons (Fsp3) is 0.571. The monoisotopic (exact) mass is 270 g/mol. The van der Waals surface area contributed by atoms with Crippen LogP contribution in [0.15, 0.2) is 24.3 Å². The lowest BCUT2D eigenvalue weighted by molar-refractivity contribution is 0.196. The van der Waals surface area contributed by atoms with Gasteiger partial charge in [0.05, 0.1) is 6.61 Å². The van der Waals surface area contributed by atoms with E-state index in [1.807, 2.05) is 13.0 Å². The number of benzene rings is 1. The molecular weight excluding hydrogens is 248 g/mol. The normalized spacial score (nSPS) is 20.2. The molecule has 0 bridgehead atoms. The van der Waals surface area contributed by atoms with Gasteiger partial charge in [-0.05, 0) is 19.9 Å². The Morgan fingerprint density at radius 1 is 1.39 bits per heavy atom. The van der Waals surface area contributed by atoms with E-state index in [2.05, 4.69) is 35.3 Å². The summed E-state index contributed by atoms with van der Waals surface area (Å²) in [4.78, 5) is 2.49. The van der Waals surface area contributed by atoms with E-state index in [0.717, 1.165) is 38.5 Å². The highest BCUT2D eigenvalue weighted by Gasteiger charge is 2.16. The highest BCUT2D eigenvalue weighted by atomic mass is 35.5. The van der Waals surface area contributed by atoms with Crippen molar-refractivity contribution in [2.45, 2.75) is 26.4 Å². The molecule has 4 heteroatoms. The number of hydrogen-bond donors (Lipinski definition) is 1. The first-order valence-electron chi connectivity index (χ1n) is 6.46. The molecule has 1 aliphatic rings. The number of ether oxygens (including phenoxy) is 1. The molecule has 1 fully saturated rings. The Labute approximate surface area is 116 Å². The van der Waals surface area contributed by atoms with Crippen molar-refractivity contribution in [3.8, 4) is 5.75 Å². The van der Waals surface area contributed by atoms with Gasteiger partial charge in [-0.2, -0.15) is 0 Å². The van der Waals surface area contributed by atoms with Crippen LogP contribution in [0.25, 0.3) is 0 Å². The molecule has 3 nitrogen and oxygen atoms in total. The molecule has 1 aromatic carbocycles. The number of hydrogen-bond acceptors (Lipinski definition) is 3. The topological polar surface area (TPSA) is 24.5 Å². The van der Waals surface area contributed by atoms with E-state index in [9.17, 15) is 0 Å². The lowest BCUT2D eigenvalue weighted by Crippen LogP contribution is -2.48. The van der Waals surface area contributed by atoms with E-state index in [1.54, 1.807) is 0 Å². The van der Waals surface area contributed by atoms with Crippen LogP contribution >= 0.6 is 12.4 Å². The van der Waals surface area contributed by atoms with Gasteiger partial charge in [-0.3, -0.25) is 4.90 Å². The van der Waals surface area contributed by atoms with E-state index >= 15 is 0 Å². The number of piperazine rings is 1. The molecule has 2 rings (SSSR count). The Bertz CT molecular complexity index is 359. The summed E-state index contributed by atoms with van der Waals surface area (Å²) >= 11 is 0.